The summed E-state index contributed by atoms with van der Waals surface area (Å²) in [5, 5.41) is 13.7. The van der Waals surface area contributed by atoms with Crippen LogP contribution in [-0.2, 0) is 11.3 Å². The number of amides is 1. The number of para-hydroxylation sites is 2. The number of rotatable bonds is 3. The van der Waals surface area contributed by atoms with Crippen molar-refractivity contribution in [3.05, 3.63) is 30.2 Å². The minimum Gasteiger partial charge on any atom is -0.406 e. The van der Waals surface area contributed by atoms with Crippen LogP contribution in [0.2, 0.25) is 0 Å². The van der Waals surface area contributed by atoms with Gasteiger partial charge in [-0.25, -0.2) is 0 Å². The van der Waals surface area contributed by atoms with Crippen LogP contribution in [0.3, 0.4) is 0 Å². The Morgan fingerprint density at radius 1 is 1.42 bits per heavy atom. The molecule has 0 bridgehead atoms. The van der Waals surface area contributed by atoms with Gasteiger partial charge in [-0.05, 0) is 19.2 Å². The molecular weight excluding hydrogens is 246 g/mol. The Balaban J connectivity index is 1.97. The van der Waals surface area contributed by atoms with E-state index < -0.39 is 0 Å². The van der Waals surface area contributed by atoms with Crippen LogP contribution < -0.4 is 15.5 Å². The van der Waals surface area contributed by atoms with Crippen molar-refractivity contribution in [2.75, 3.05) is 23.8 Å². The van der Waals surface area contributed by atoms with Gasteiger partial charge in [-0.2, -0.15) is 0 Å². The molecule has 0 aliphatic carbocycles. The second kappa shape index (κ2) is 4.69. The van der Waals surface area contributed by atoms with Gasteiger partial charge in [-0.15, -0.1) is 5.10 Å². The molecule has 0 spiro atoms. The van der Waals surface area contributed by atoms with Crippen LogP contribution in [0.1, 0.15) is 5.89 Å². The average molecular weight is 259 g/mol. The Bertz CT molecular complexity index is 610. The van der Waals surface area contributed by atoms with Gasteiger partial charge in [-0.3, -0.25) is 9.69 Å². The van der Waals surface area contributed by atoms with E-state index in [1.165, 1.54) is 0 Å². The maximum Gasteiger partial charge on any atom is 0.323 e. The van der Waals surface area contributed by atoms with Crippen molar-refractivity contribution in [2.45, 2.75) is 6.54 Å². The first-order valence-corrected chi connectivity index (χ1v) is 5.91. The summed E-state index contributed by atoms with van der Waals surface area (Å²) in [5.74, 6) is 0.382. The number of nitrogens with one attached hydrogen (secondary N) is 2. The van der Waals surface area contributed by atoms with Gasteiger partial charge < -0.3 is 15.1 Å². The SMILES string of the molecule is CNCc1nnc(N2CC(=O)Nc3ccccc32)o1. The van der Waals surface area contributed by atoms with Crippen molar-refractivity contribution in [3.63, 3.8) is 0 Å². The second-order valence-corrected chi connectivity index (χ2v) is 4.16. The molecule has 7 nitrogen and oxygen atoms in total. The smallest absolute Gasteiger partial charge is 0.323 e. The summed E-state index contributed by atoms with van der Waals surface area (Å²) in [6, 6.07) is 7.82. The van der Waals surface area contributed by atoms with Crippen molar-refractivity contribution < 1.29 is 9.21 Å². The fourth-order valence-corrected chi connectivity index (χ4v) is 1.98. The Morgan fingerprint density at radius 3 is 3.11 bits per heavy atom. The predicted molar refractivity (Wildman–Crippen MR) is 69.1 cm³/mol. The number of carbonyl (C=O) groups excluding carboxylic acids is 1. The minimum atomic E-state index is -0.105. The Kier molecular flexibility index (Phi) is 2.88. The van der Waals surface area contributed by atoms with Crippen molar-refractivity contribution in [1.29, 1.82) is 0 Å². The summed E-state index contributed by atoms with van der Waals surface area (Å²) in [4.78, 5) is 13.4. The summed E-state index contributed by atoms with van der Waals surface area (Å²) in [5.41, 5.74) is 1.59. The molecule has 2 heterocycles. The third-order valence-corrected chi connectivity index (χ3v) is 2.79. The van der Waals surface area contributed by atoms with Gasteiger partial charge in [0.1, 0.15) is 6.54 Å². The van der Waals surface area contributed by atoms with E-state index >= 15 is 0 Å². The van der Waals surface area contributed by atoms with Gasteiger partial charge in [0.25, 0.3) is 0 Å². The first-order valence-electron chi connectivity index (χ1n) is 5.91. The van der Waals surface area contributed by atoms with Crippen LogP contribution in [0.15, 0.2) is 28.7 Å². The molecule has 2 aromatic rings. The lowest BCUT2D eigenvalue weighted by Gasteiger charge is -2.27. The highest BCUT2D eigenvalue weighted by atomic mass is 16.4. The Morgan fingerprint density at radius 2 is 2.26 bits per heavy atom. The number of nitrogens with zero attached hydrogens (tertiary/aromatic N) is 3. The highest BCUT2D eigenvalue weighted by molar-refractivity contribution is 6.02. The Hall–Kier alpha value is -2.41. The fraction of sp³-hybridized carbons (Fsp3) is 0.250. The van der Waals surface area contributed by atoms with E-state index in [-0.39, 0.29) is 12.5 Å². The number of anilines is 3. The summed E-state index contributed by atoms with van der Waals surface area (Å²) in [6.45, 7) is 0.660. The topological polar surface area (TPSA) is 83.3 Å². The molecule has 0 radical (unpaired) electrons. The molecule has 3 rings (SSSR count). The highest BCUT2D eigenvalue weighted by Gasteiger charge is 2.26. The minimum absolute atomic E-state index is 0.105. The summed E-state index contributed by atoms with van der Waals surface area (Å²) >= 11 is 0. The molecule has 1 aromatic heterocycles. The Labute approximate surface area is 109 Å². The third-order valence-electron chi connectivity index (χ3n) is 2.79. The first-order chi connectivity index (χ1) is 9.28. The number of aromatic nitrogens is 2. The van der Waals surface area contributed by atoms with Crippen LogP contribution in [0, 0.1) is 0 Å². The van der Waals surface area contributed by atoms with E-state index in [0.29, 0.717) is 18.5 Å². The average Bonchev–Trinajstić information content (AvgIpc) is 2.86. The van der Waals surface area contributed by atoms with Crippen molar-refractivity contribution in [2.24, 2.45) is 0 Å². The van der Waals surface area contributed by atoms with E-state index in [2.05, 4.69) is 20.8 Å². The molecule has 1 aromatic carbocycles. The highest BCUT2D eigenvalue weighted by Crippen LogP contribution is 2.33. The summed E-state index contributed by atoms with van der Waals surface area (Å²) in [7, 11) is 1.80. The van der Waals surface area contributed by atoms with Gasteiger partial charge in [0.15, 0.2) is 0 Å². The largest absolute Gasteiger partial charge is 0.406 e. The number of hydrogen-bond acceptors (Lipinski definition) is 6. The normalized spacial score (nSPS) is 14.2. The van der Waals surface area contributed by atoms with Gasteiger partial charge >= 0.3 is 6.01 Å². The van der Waals surface area contributed by atoms with Crippen molar-refractivity contribution in [1.82, 2.24) is 15.5 Å². The van der Waals surface area contributed by atoms with Crippen LogP contribution in [0.5, 0.6) is 0 Å². The molecule has 0 atom stereocenters. The molecule has 1 amide bonds. The monoisotopic (exact) mass is 259 g/mol. The molecule has 1 aliphatic heterocycles. The van der Waals surface area contributed by atoms with Crippen molar-refractivity contribution in [3.8, 4) is 0 Å². The molecule has 98 valence electrons. The first kappa shape index (κ1) is 11.7. The van der Waals surface area contributed by atoms with E-state index in [0.717, 1.165) is 11.4 Å². The zero-order valence-corrected chi connectivity index (χ0v) is 10.4. The van der Waals surface area contributed by atoms with Gasteiger partial charge in [-0.1, -0.05) is 17.2 Å². The molecule has 0 saturated heterocycles. The number of carbonyl (C=O) groups is 1. The van der Waals surface area contributed by atoms with E-state index in [1.54, 1.807) is 11.9 Å². The maximum atomic E-state index is 11.7. The number of fused-ring (bicyclic) bond motifs is 1. The molecule has 2 N–H and O–H groups in total. The van der Waals surface area contributed by atoms with Gasteiger partial charge in [0.05, 0.1) is 17.9 Å². The molecule has 0 saturated carbocycles. The zero-order chi connectivity index (χ0) is 13.2. The lowest BCUT2D eigenvalue weighted by atomic mass is 10.2. The predicted octanol–water partition coefficient (Wildman–Crippen LogP) is 0.879. The quantitative estimate of drug-likeness (QED) is 0.851. The lowest BCUT2D eigenvalue weighted by molar-refractivity contribution is -0.115. The second-order valence-electron chi connectivity index (χ2n) is 4.16. The zero-order valence-electron chi connectivity index (χ0n) is 10.4. The van der Waals surface area contributed by atoms with E-state index in [9.17, 15) is 4.79 Å². The molecular formula is C12H13N5O2. The maximum absolute atomic E-state index is 11.7. The van der Waals surface area contributed by atoms with Crippen molar-refractivity contribution >= 4 is 23.3 Å². The van der Waals surface area contributed by atoms with Crippen LogP contribution in [-0.4, -0.2) is 29.7 Å². The third kappa shape index (κ3) is 2.15. The fourth-order valence-electron chi connectivity index (χ4n) is 1.98. The van der Waals surface area contributed by atoms with Crippen LogP contribution >= 0.6 is 0 Å². The number of hydrogen-bond donors (Lipinski definition) is 2. The van der Waals surface area contributed by atoms with Crippen LogP contribution in [0.25, 0.3) is 0 Å². The van der Waals surface area contributed by atoms with E-state index in [4.69, 9.17) is 4.42 Å². The summed E-state index contributed by atoms with van der Waals surface area (Å²) in [6.07, 6.45) is 0. The molecule has 0 unspecified atom stereocenters. The standard InChI is InChI=1S/C12H13N5O2/c1-13-6-11-15-16-12(19-11)17-7-10(18)14-8-4-2-3-5-9(8)17/h2-5,13H,6-7H2,1H3,(H,14,18). The van der Waals surface area contributed by atoms with Gasteiger partial charge in [0.2, 0.25) is 11.8 Å². The lowest BCUT2D eigenvalue weighted by Crippen LogP contribution is -2.35. The molecule has 1 aliphatic rings. The summed E-state index contributed by atoms with van der Waals surface area (Å²) < 4.78 is 5.53. The number of benzene rings is 1. The molecule has 7 heteroatoms. The van der Waals surface area contributed by atoms with E-state index in [1.807, 2.05) is 24.3 Å². The molecule has 0 fully saturated rings. The molecule has 19 heavy (non-hydrogen) atoms. The van der Waals surface area contributed by atoms with Gasteiger partial charge in [0, 0.05) is 0 Å². The van der Waals surface area contributed by atoms with Crippen LogP contribution in [0.4, 0.5) is 17.4 Å².